The van der Waals surface area contributed by atoms with Gasteiger partial charge in [0.15, 0.2) is 11.7 Å². The van der Waals surface area contributed by atoms with Gasteiger partial charge in [0.2, 0.25) is 0 Å². The average molecular weight is 270 g/mol. The molecular weight excluding hydrogens is 257 g/mol. The van der Waals surface area contributed by atoms with Gasteiger partial charge in [0, 0.05) is 18.6 Å². The van der Waals surface area contributed by atoms with Gasteiger partial charge < -0.3 is 9.73 Å². The molecule has 0 atom stereocenters. The number of hydrogen-bond acceptors (Lipinski definition) is 3. The van der Waals surface area contributed by atoms with Crippen LogP contribution < -0.4 is 5.32 Å². The Kier molecular flexibility index (Phi) is 4.21. The summed E-state index contributed by atoms with van der Waals surface area (Å²) in [4.78, 5) is 3.95. The van der Waals surface area contributed by atoms with Crippen molar-refractivity contribution in [2.24, 2.45) is 0 Å². The second-order valence-corrected chi connectivity index (χ2v) is 4.07. The second kappa shape index (κ2) is 5.88. The first-order valence-corrected chi connectivity index (χ1v) is 5.86. The van der Waals surface area contributed by atoms with Crippen LogP contribution in [0.1, 0.15) is 12.3 Å². The first-order chi connectivity index (χ1) is 9.11. The van der Waals surface area contributed by atoms with Gasteiger partial charge in [0.25, 0.3) is 0 Å². The third-order valence-electron chi connectivity index (χ3n) is 2.62. The Hall–Kier alpha value is -1.82. The highest BCUT2D eigenvalue weighted by atomic mass is 19.1. The van der Waals surface area contributed by atoms with E-state index in [-0.39, 0.29) is 5.76 Å². The monoisotopic (exact) mass is 270 g/mol. The molecule has 0 aliphatic carbocycles. The highest BCUT2D eigenvalue weighted by Crippen LogP contribution is 2.27. The fourth-order valence-corrected chi connectivity index (χ4v) is 1.74. The van der Waals surface area contributed by atoms with E-state index in [9.17, 15) is 13.2 Å². The van der Waals surface area contributed by atoms with Crippen LogP contribution in [0.3, 0.4) is 0 Å². The number of benzene rings is 1. The van der Waals surface area contributed by atoms with Crippen molar-refractivity contribution in [2.75, 3.05) is 13.6 Å². The number of rotatable bonds is 5. The Bertz CT molecular complexity index is 546. The second-order valence-electron chi connectivity index (χ2n) is 4.07. The number of halogens is 3. The zero-order valence-corrected chi connectivity index (χ0v) is 10.3. The molecule has 6 heteroatoms. The minimum Gasteiger partial charge on any atom is -0.441 e. The van der Waals surface area contributed by atoms with E-state index in [4.69, 9.17) is 4.42 Å². The third-order valence-corrected chi connectivity index (χ3v) is 2.62. The lowest BCUT2D eigenvalue weighted by Gasteiger charge is -2.01. The number of nitrogens with zero attached hydrogens (tertiary/aromatic N) is 1. The van der Waals surface area contributed by atoms with Gasteiger partial charge in [0.1, 0.15) is 17.5 Å². The van der Waals surface area contributed by atoms with Gasteiger partial charge >= 0.3 is 0 Å². The summed E-state index contributed by atoms with van der Waals surface area (Å²) in [5.74, 6) is -2.61. The molecule has 1 N–H and O–H groups in total. The molecule has 1 heterocycles. The lowest BCUT2D eigenvalue weighted by atomic mass is 10.1. The largest absolute Gasteiger partial charge is 0.441 e. The van der Waals surface area contributed by atoms with Crippen LogP contribution in [0.4, 0.5) is 13.2 Å². The van der Waals surface area contributed by atoms with Gasteiger partial charge in [0.05, 0.1) is 11.8 Å². The molecule has 0 radical (unpaired) electrons. The molecule has 0 amide bonds. The summed E-state index contributed by atoms with van der Waals surface area (Å²) in [6, 6.07) is 1.23. The molecule has 1 aromatic heterocycles. The molecule has 2 aromatic rings. The summed E-state index contributed by atoms with van der Waals surface area (Å²) in [5, 5.41) is 2.97. The summed E-state index contributed by atoms with van der Waals surface area (Å²) in [6.45, 7) is 0.789. The molecule has 0 saturated carbocycles. The van der Waals surface area contributed by atoms with Gasteiger partial charge in [-0.3, -0.25) is 0 Å². The molecule has 0 aliphatic heterocycles. The molecular formula is C13H13F3N2O. The maximum atomic E-state index is 13.5. The van der Waals surface area contributed by atoms with Crippen molar-refractivity contribution in [1.29, 1.82) is 0 Å². The molecule has 102 valence electrons. The first kappa shape index (κ1) is 13.6. The first-order valence-electron chi connectivity index (χ1n) is 5.86. The van der Waals surface area contributed by atoms with Gasteiger partial charge in [-0.05, 0) is 20.0 Å². The lowest BCUT2D eigenvalue weighted by molar-refractivity contribution is 0.484. The lowest BCUT2D eigenvalue weighted by Crippen LogP contribution is -2.08. The van der Waals surface area contributed by atoms with E-state index in [0.29, 0.717) is 24.4 Å². The molecule has 0 aliphatic rings. The molecule has 2 rings (SSSR count). The van der Waals surface area contributed by atoms with Crippen molar-refractivity contribution in [3.05, 3.63) is 41.7 Å². The van der Waals surface area contributed by atoms with Crippen molar-refractivity contribution in [2.45, 2.75) is 12.8 Å². The maximum absolute atomic E-state index is 13.5. The maximum Gasteiger partial charge on any atom is 0.194 e. The number of oxazole rings is 1. The van der Waals surface area contributed by atoms with Crippen molar-refractivity contribution in [1.82, 2.24) is 10.3 Å². The average Bonchev–Trinajstić information content (AvgIpc) is 2.76. The van der Waals surface area contributed by atoms with E-state index in [0.717, 1.165) is 13.0 Å². The van der Waals surface area contributed by atoms with Crippen LogP contribution in [0.2, 0.25) is 0 Å². The number of hydrogen-bond donors (Lipinski definition) is 1. The van der Waals surface area contributed by atoms with Crippen molar-refractivity contribution < 1.29 is 17.6 Å². The Morgan fingerprint density at radius 2 is 1.89 bits per heavy atom. The van der Waals surface area contributed by atoms with Crippen molar-refractivity contribution >= 4 is 0 Å². The molecule has 0 saturated heterocycles. The van der Waals surface area contributed by atoms with E-state index in [1.165, 1.54) is 6.20 Å². The topological polar surface area (TPSA) is 38.1 Å². The van der Waals surface area contributed by atoms with Gasteiger partial charge in [-0.2, -0.15) is 0 Å². The van der Waals surface area contributed by atoms with Crippen molar-refractivity contribution in [3.8, 4) is 11.3 Å². The summed E-state index contributed by atoms with van der Waals surface area (Å²) in [5.41, 5.74) is -0.395. The molecule has 0 fully saturated rings. The molecule has 0 unspecified atom stereocenters. The number of aromatic nitrogens is 1. The fraction of sp³-hybridized carbons (Fsp3) is 0.308. The zero-order chi connectivity index (χ0) is 13.8. The molecule has 0 bridgehead atoms. The van der Waals surface area contributed by atoms with Crippen molar-refractivity contribution in [3.63, 3.8) is 0 Å². The van der Waals surface area contributed by atoms with E-state index in [2.05, 4.69) is 10.3 Å². The highest BCUT2D eigenvalue weighted by molar-refractivity contribution is 5.58. The minimum absolute atomic E-state index is 0.0329. The van der Waals surface area contributed by atoms with E-state index in [1.807, 2.05) is 7.05 Å². The minimum atomic E-state index is -1.00. The normalized spacial score (nSPS) is 10.9. The quantitative estimate of drug-likeness (QED) is 0.849. The van der Waals surface area contributed by atoms with Crippen LogP contribution >= 0.6 is 0 Å². The van der Waals surface area contributed by atoms with Gasteiger partial charge in [-0.25, -0.2) is 18.2 Å². The standard InChI is InChI=1S/C13H13F3N2O/c1-17-4-2-3-12-18-7-11(19-12)13-9(15)5-8(14)6-10(13)16/h5-7,17H,2-4H2,1H3. The van der Waals surface area contributed by atoms with Gasteiger partial charge in [-0.15, -0.1) is 0 Å². The smallest absolute Gasteiger partial charge is 0.194 e. The summed E-state index contributed by atoms with van der Waals surface area (Å²) in [7, 11) is 1.82. The number of aryl methyl sites for hydroxylation is 1. The van der Waals surface area contributed by atoms with Crippen LogP contribution in [0.15, 0.2) is 22.7 Å². The molecule has 1 aromatic carbocycles. The third kappa shape index (κ3) is 3.14. The molecule has 0 spiro atoms. The molecule has 19 heavy (non-hydrogen) atoms. The van der Waals surface area contributed by atoms with Crippen LogP contribution in [0.25, 0.3) is 11.3 Å². The molecule has 3 nitrogen and oxygen atoms in total. The SMILES string of the molecule is CNCCCc1ncc(-c2c(F)cc(F)cc2F)o1. The van der Waals surface area contributed by atoms with E-state index >= 15 is 0 Å². The predicted molar refractivity (Wildman–Crippen MR) is 64.1 cm³/mol. The Balaban J connectivity index is 2.23. The summed E-state index contributed by atoms with van der Waals surface area (Å²) < 4.78 is 45.1. The number of nitrogens with one attached hydrogen (secondary N) is 1. The Morgan fingerprint density at radius 1 is 1.21 bits per heavy atom. The van der Waals surface area contributed by atoms with Crippen LogP contribution in [-0.2, 0) is 6.42 Å². The Labute approximate surface area is 108 Å². The summed E-state index contributed by atoms with van der Waals surface area (Å²) in [6.07, 6.45) is 2.60. The summed E-state index contributed by atoms with van der Waals surface area (Å²) >= 11 is 0. The van der Waals surface area contributed by atoms with Crippen LogP contribution in [-0.4, -0.2) is 18.6 Å². The van der Waals surface area contributed by atoms with Gasteiger partial charge in [-0.1, -0.05) is 0 Å². The van der Waals surface area contributed by atoms with E-state index < -0.39 is 23.0 Å². The van der Waals surface area contributed by atoms with Crippen LogP contribution in [0, 0.1) is 17.5 Å². The predicted octanol–water partition coefficient (Wildman–Crippen LogP) is 2.91. The van der Waals surface area contributed by atoms with Crippen LogP contribution in [0.5, 0.6) is 0 Å². The fourth-order valence-electron chi connectivity index (χ4n) is 1.74. The Morgan fingerprint density at radius 3 is 2.53 bits per heavy atom. The van der Waals surface area contributed by atoms with E-state index in [1.54, 1.807) is 0 Å². The zero-order valence-electron chi connectivity index (χ0n) is 10.3. The highest BCUT2D eigenvalue weighted by Gasteiger charge is 2.17.